The van der Waals surface area contributed by atoms with Gasteiger partial charge in [-0.3, -0.25) is 23.9 Å². The van der Waals surface area contributed by atoms with Gasteiger partial charge in [-0.1, -0.05) is 0 Å². The molecule has 27 heavy (non-hydrogen) atoms. The summed E-state index contributed by atoms with van der Waals surface area (Å²) in [6.45, 7) is 1.22. The number of benzene rings is 1. The molecular formula is C18H20N4O5. The third-order valence-electron chi connectivity index (χ3n) is 4.18. The van der Waals surface area contributed by atoms with Crippen LogP contribution in [-0.2, 0) is 20.9 Å². The molecule has 0 spiro atoms. The van der Waals surface area contributed by atoms with Gasteiger partial charge in [0, 0.05) is 36.7 Å². The Hall–Kier alpha value is -3.36. The molecule has 0 unspecified atom stereocenters. The number of anilines is 2. The number of H-pyrrole nitrogens is 1. The number of rotatable bonds is 6. The van der Waals surface area contributed by atoms with Gasteiger partial charge in [-0.15, -0.1) is 0 Å². The first kappa shape index (κ1) is 18.4. The highest BCUT2D eigenvalue weighted by atomic mass is 16.5. The van der Waals surface area contributed by atoms with Gasteiger partial charge in [-0.25, -0.2) is 4.79 Å². The van der Waals surface area contributed by atoms with E-state index in [4.69, 9.17) is 4.74 Å². The van der Waals surface area contributed by atoms with Crippen molar-refractivity contribution in [3.63, 3.8) is 0 Å². The van der Waals surface area contributed by atoms with Crippen molar-refractivity contribution in [2.24, 2.45) is 0 Å². The zero-order valence-corrected chi connectivity index (χ0v) is 14.6. The van der Waals surface area contributed by atoms with Gasteiger partial charge in [0.25, 0.3) is 11.5 Å². The number of aromatic nitrogens is 2. The van der Waals surface area contributed by atoms with E-state index in [0.717, 1.165) is 29.4 Å². The Balaban J connectivity index is 1.46. The quantitative estimate of drug-likeness (QED) is 0.706. The number of carbonyl (C=O) groups excluding carboxylic acids is 2. The summed E-state index contributed by atoms with van der Waals surface area (Å²) in [4.78, 5) is 50.4. The van der Waals surface area contributed by atoms with Crippen molar-refractivity contribution in [1.29, 1.82) is 0 Å². The van der Waals surface area contributed by atoms with Crippen molar-refractivity contribution in [2.75, 3.05) is 29.9 Å². The lowest BCUT2D eigenvalue weighted by atomic mass is 10.2. The molecule has 0 atom stereocenters. The van der Waals surface area contributed by atoms with Gasteiger partial charge < -0.3 is 15.0 Å². The molecule has 0 saturated carbocycles. The van der Waals surface area contributed by atoms with Gasteiger partial charge in [-0.05, 0) is 37.1 Å². The van der Waals surface area contributed by atoms with E-state index in [1.165, 1.54) is 19.0 Å². The molecule has 2 N–H and O–H groups in total. The lowest BCUT2D eigenvalue weighted by Gasteiger charge is -2.17. The molecule has 0 radical (unpaired) electrons. The molecule has 2 heterocycles. The molecular weight excluding hydrogens is 352 g/mol. The minimum Gasteiger partial charge on any atom is -0.454 e. The second-order valence-corrected chi connectivity index (χ2v) is 6.19. The van der Waals surface area contributed by atoms with Crippen molar-refractivity contribution < 1.29 is 14.3 Å². The van der Waals surface area contributed by atoms with Crippen LogP contribution in [0.2, 0.25) is 0 Å². The molecule has 9 heteroatoms. The van der Waals surface area contributed by atoms with E-state index in [2.05, 4.69) is 10.2 Å². The van der Waals surface area contributed by atoms with E-state index in [1.54, 1.807) is 12.1 Å². The average molecular weight is 372 g/mol. The standard InChI is InChI=1S/C18H20N4O5/c23-15-7-10-22(18(26)20-15)11-17(25)27-12-16(24)19-13-3-5-14(6-4-13)21-8-1-2-9-21/h3-7,10H,1-2,8-9,11-12H2,(H,19,24)(H,20,23,26). The van der Waals surface area contributed by atoms with E-state index in [0.29, 0.717) is 5.69 Å². The number of nitrogens with zero attached hydrogens (tertiary/aromatic N) is 2. The fourth-order valence-corrected chi connectivity index (χ4v) is 2.83. The van der Waals surface area contributed by atoms with Gasteiger partial charge in [0.2, 0.25) is 0 Å². The molecule has 0 aliphatic carbocycles. The number of aromatic amines is 1. The summed E-state index contributed by atoms with van der Waals surface area (Å²) in [5, 5.41) is 2.65. The summed E-state index contributed by atoms with van der Waals surface area (Å²) in [5.74, 6) is -1.24. The molecule has 3 rings (SSSR count). The first-order chi connectivity index (χ1) is 13.0. The van der Waals surface area contributed by atoms with Crippen LogP contribution in [0.3, 0.4) is 0 Å². The van der Waals surface area contributed by atoms with Crippen LogP contribution in [0.4, 0.5) is 11.4 Å². The topological polar surface area (TPSA) is 113 Å². The molecule has 9 nitrogen and oxygen atoms in total. The van der Waals surface area contributed by atoms with E-state index < -0.39 is 36.3 Å². The maximum atomic E-state index is 11.9. The van der Waals surface area contributed by atoms with Gasteiger partial charge in [0.1, 0.15) is 6.54 Å². The molecule has 1 aliphatic heterocycles. The Morgan fingerprint density at radius 2 is 1.78 bits per heavy atom. The Morgan fingerprint density at radius 1 is 1.07 bits per heavy atom. The number of amides is 1. The smallest absolute Gasteiger partial charge is 0.328 e. The Morgan fingerprint density at radius 3 is 2.44 bits per heavy atom. The van der Waals surface area contributed by atoms with Crippen LogP contribution in [-0.4, -0.2) is 41.1 Å². The van der Waals surface area contributed by atoms with Crippen molar-refractivity contribution in [1.82, 2.24) is 9.55 Å². The zero-order chi connectivity index (χ0) is 19.2. The minimum absolute atomic E-state index is 0.395. The third-order valence-corrected chi connectivity index (χ3v) is 4.18. The maximum absolute atomic E-state index is 11.9. The monoisotopic (exact) mass is 372 g/mol. The first-order valence-electron chi connectivity index (χ1n) is 8.61. The van der Waals surface area contributed by atoms with Crippen LogP contribution in [0.15, 0.2) is 46.1 Å². The molecule has 1 aromatic carbocycles. The van der Waals surface area contributed by atoms with Crippen molar-refractivity contribution in [3.05, 3.63) is 57.4 Å². The highest BCUT2D eigenvalue weighted by Crippen LogP contribution is 2.21. The summed E-state index contributed by atoms with van der Waals surface area (Å²) in [6, 6.07) is 8.60. The SMILES string of the molecule is O=C(COC(=O)Cn1ccc(=O)[nH]c1=O)Nc1ccc(N2CCCC2)cc1. The van der Waals surface area contributed by atoms with Crippen LogP contribution in [0.5, 0.6) is 0 Å². The van der Waals surface area contributed by atoms with Crippen LogP contribution in [0.1, 0.15) is 12.8 Å². The molecule has 142 valence electrons. The number of hydrogen-bond acceptors (Lipinski definition) is 6. The summed E-state index contributed by atoms with van der Waals surface area (Å²) in [6.07, 6.45) is 3.56. The molecule has 1 amide bonds. The molecule has 2 aromatic rings. The molecule has 1 aliphatic rings. The maximum Gasteiger partial charge on any atom is 0.328 e. The van der Waals surface area contributed by atoms with Crippen LogP contribution < -0.4 is 21.5 Å². The Bertz CT molecular complexity index is 926. The Kier molecular flexibility index (Phi) is 5.70. The molecule has 0 bridgehead atoms. The number of esters is 1. The van der Waals surface area contributed by atoms with Crippen LogP contribution in [0.25, 0.3) is 0 Å². The number of hydrogen-bond donors (Lipinski definition) is 2. The first-order valence-corrected chi connectivity index (χ1v) is 8.61. The normalized spacial score (nSPS) is 13.4. The minimum atomic E-state index is -0.760. The van der Waals surface area contributed by atoms with E-state index >= 15 is 0 Å². The van der Waals surface area contributed by atoms with Gasteiger partial charge in [0.05, 0.1) is 0 Å². The second-order valence-electron chi connectivity index (χ2n) is 6.19. The number of ether oxygens (including phenoxy) is 1. The lowest BCUT2D eigenvalue weighted by molar-refractivity contribution is -0.148. The Labute approximate surface area is 154 Å². The van der Waals surface area contributed by atoms with E-state index in [-0.39, 0.29) is 0 Å². The van der Waals surface area contributed by atoms with Crippen molar-refractivity contribution >= 4 is 23.3 Å². The molecule has 1 aromatic heterocycles. The largest absolute Gasteiger partial charge is 0.454 e. The molecule has 1 saturated heterocycles. The van der Waals surface area contributed by atoms with Gasteiger partial charge >= 0.3 is 11.7 Å². The fraction of sp³-hybridized carbons (Fsp3) is 0.333. The van der Waals surface area contributed by atoms with Crippen molar-refractivity contribution in [2.45, 2.75) is 19.4 Å². The van der Waals surface area contributed by atoms with Crippen LogP contribution in [0, 0.1) is 0 Å². The predicted octanol–water partition coefficient (Wildman–Crippen LogP) is 0.319. The van der Waals surface area contributed by atoms with E-state index in [1.807, 2.05) is 17.1 Å². The highest BCUT2D eigenvalue weighted by molar-refractivity contribution is 5.92. The van der Waals surface area contributed by atoms with Gasteiger partial charge in [-0.2, -0.15) is 0 Å². The van der Waals surface area contributed by atoms with Crippen molar-refractivity contribution in [3.8, 4) is 0 Å². The number of carbonyl (C=O) groups is 2. The van der Waals surface area contributed by atoms with E-state index in [9.17, 15) is 19.2 Å². The van der Waals surface area contributed by atoms with Crippen LogP contribution >= 0.6 is 0 Å². The second kappa shape index (κ2) is 8.35. The predicted molar refractivity (Wildman–Crippen MR) is 98.8 cm³/mol. The fourth-order valence-electron chi connectivity index (χ4n) is 2.83. The average Bonchev–Trinajstić information content (AvgIpc) is 3.18. The lowest BCUT2D eigenvalue weighted by Crippen LogP contribution is -2.32. The zero-order valence-electron chi connectivity index (χ0n) is 14.6. The highest BCUT2D eigenvalue weighted by Gasteiger charge is 2.13. The summed E-state index contributed by atoms with van der Waals surface area (Å²) in [7, 11) is 0. The summed E-state index contributed by atoms with van der Waals surface area (Å²) in [5.41, 5.74) is 0.445. The summed E-state index contributed by atoms with van der Waals surface area (Å²) >= 11 is 0. The number of nitrogens with one attached hydrogen (secondary N) is 2. The summed E-state index contributed by atoms with van der Waals surface area (Å²) < 4.78 is 5.84. The third kappa shape index (κ3) is 5.06. The molecule has 1 fully saturated rings. The van der Waals surface area contributed by atoms with Gasteiger partial charge in [0.15, 0.2) is 6.61 Å².